The molecule has 0 saturated carbocycles. The first kappa shape index (κ1) is 18.5. The Balaban J connectivity index is 1.76. The zero-order chi connectivity index (χ0) is 19.2. The number of rotatable bonds is 6. The number of hydrogen-bond donors (Lipinski definition) is 1. The Bertz CT molecular complexity index is 974. The molecule has 0 aliphatic heterocycles. The van der Waals surface area contributed by atoms with Crippen molar-refractivity contribution in [2.45, 2.75) is 19.9 Å². The van der Waals surface area contributed by atoms with Crippen molar-refractivity contribution in [2.75, 3.05) is 12.4 Å². The van der Waals surface area contributed by atoms with Crippen molar-refractivity contribution >= 4 is 11.6 Å². The Labute approximate surface area is 158 Å². The third-order valence-corrected chi connectivity index (χ3v) is 4.38. The van der Waals surface area contributed by atoms with Crippen LogP contribution in [0.25, 0.3) is 0 Å². The number of nitrogens with one attached hydrogen (secondary N) is 1. The molecule has 5 nitrogen and oxygen atoms in total. The molecule has 0 aliphatic rings. The summed E-state index contributed by atoms with van der Waals surface area (Å²) >= 11 is 0. The molecule has 0 fully saturated rings. The molecule has 1 heterocycles. The van der Waals surface area contributed by atoms with Gasteiger partial charge in [0.15, 0.2) is 0 Å². The van der Waals surface area contributed by atoms with Gasteiger partial charge in [-0.25, -0.2) is 0 Å². The fraction of sp³-hybridized carbons (Fsp3) is 0.182. The minimum atomic E-state index is -0.268. The second-order valence-corrected chi connectivity index (χ2v) is 6.24. The Kier molecular flexibility index (Phi) is 5.71. The Morgan fingerprint density at radius 3 is 2.26 bits per heavy atom. The molecule has 1 N–H and O–H groups in total. The zero-order valence-corrected chi connectivity index (χ0v) is 15.4. The standard InChI is InChI=1S/C22H22N2O3/c1-3-16-4-6-17(7-5-16)14-24-15-18(8-13-21(24)25)22(26)23-19-9-11-20(27-2)12-10-19/h4-13,15H,3,14H2,1-2H3,(H,23,26). The molecule has 0 saturated heterocycles. The summed E-state index contributed by atoms with van der Waals surface area (Å²) in [7, 11) is 1.59. The number of carbonyl (C=O) groups is 1. The molecule has 3 rings (SSSR count). The Morgan fingerprint density at radius 1 is 0.963 bits per heavy atom. The van der Waals surface area contributed by atoms with E-state index in [-0.39, 0.29) is 11.5 Å². The third-order valence-electron chi connectivity index (χ3n) is 4.38. The summed E-state index contributed by atoms with van der Waals surface area (Å²) in [6, 6.07) is 18.2. The van der Waals surface area contributed by atoms with Gasteiger partial charge in [0.05, 0.1) is 19.2 Å². The number of carbonyl (C=O) groups excluding carboxylic acids is 1. The van der Waals surface area contributed by atoms with E-state index in [1.54, 1.807) is 42.1 Å². The van der Waals surface area contributed by atoms with E-state index in [1.807, 2.05) is 12.1 Å². The summed E-state index contributed by atoms with van der Waals surface area (Å²) in [5, 5.41) is 2.83. The fourth-order valence-corrected chi connectivity index (χ4v) is 2.74. The van der Waals surface area contributed by atoms with Gasteiger partial charge in [-0.1, -0.05) is 31.2 Å². The van der Waals surface area contributed by atoms with E-state index in [2.05, 4.69) is 24.4 Å². The van der Waals surface area contributed by atoms with Gasteiger partial charge in [-0.2, -0.15) is 0 Å². The maximum absolute atomic E-state index is 12.5. The molecule has 2 aromatic carbocycles. The molecule has 0 aliphatic carbocycles. The van der Waals surface area contributed by atoms with Gasteiger partial charge >= 0.3 is 0 Å². The largest absolute Gasteiger partial charge is 0.497 e. The molecule has 3 aromatic rings. The molecule has 5 heteroatoms. The van der Waals surface area contributed by atoms with Crippen molar-refractivity contribution in [1.29, 1.82) is 0 Å². The normalized spacial score (nSPS) is 10.4. The predicted octanol–water partition coefficient (Wildman–Crippen LogP) is 3.72. The van der Waals surface area contributed by atoms with E-state index in [0.717, 1.165) is 17.7 Å². The molecule has 0 bridgehead atoms. The van der Waals surface area contributed by atoms with Crippen LogP contribution >= 0.6 is 0 Å². The molecule has 0 radical (unpaired) electrons. The van der Waals surface area contributed by atoms with Crippen LogP contribution in [0.2, 0.25) is 0 Å². The van der Waals surface area contributed by atoms with Gasteiger partial charge < -0.3 is 14.6 Å². The van der Waals surface area contributed by atoms with Crippen LogP contribution in [-0.4, -0.2) is 17.6 Å². The van der Waals surface area contributed by atoms with Crippen molar-refractivity contribution in [3.05, 3.63) is 93.9 Å². The smallest absolute Gasteiger partial charge is 0.257 e. The summed E-state index contributed by atoms with van der Waals surface area (Å²) < 4.78 is 6.65. The van der Waals surface area contributed by atoms with Crippen molar-refractivity contribution in [3.8, 4) is 5.75 Å². The highest BCUT2D eigenvalue weighted by Gasteiger charge is 2.09. The second kappa shape index (κ2) is 8.36. The highest BCUT2D eigenvalue weighted by atomic mass is 16.5. The van der Waals surface area contributed by atoms with Crippen LogP contribution in [0, 0.1) is 0 Å². The van der Waals surface area contributed by atoms with Crippen LogP contribution in [0.3, 0.4) is 0 Å². The Morgan fingerprint density at radius 2 is 1.63 bits per heavy atom. The number of anilines is 1. The summed E-state index contributed by atoms with van der Waals surface area (Å²) in [5.41, 5.74) is 3.21. The van der Waals surface area contributed by atoms with Crippen LogP contribution in [0.15, 0.2) is 71.7 Å². The van der Waals surface area contributed by atoms with E-state index < -0.39 is 0 Å². The van der Waals surface area contributed by atoms with Crippen LogP contribution in [0.1, 0.15) is 28.4 Å². The Hall–Kier alpha value is -3.34. The molecule has 138 valence electrons. The zero-order valence-electron chi connectivity index (χ0n) is 15.4. The lowest BCUT2D eigenvalue weighted by atomic mass is 10.1. The van der Waals surface area contributed by atoms with Crippen LogP contribution in [0.5, 0.6) is 5.75 Å². The first-order valence-electron chi connectivity index (χ1n) is 8.82. The average Bonchev–Trinajstić information content (AvgIpc) is 2.70. The molecule has 1 aromatic heterocycles. The molecule has 0 spiro atoms. The van der Waals surface area contributed by atoms with Gasteiger partial charge in [0, 0.05) is 18.0 Å². The fourth-order valence-electron chi connectivity index (χ4n) is 2.74. The lowest BCUT2D eigenvalue weighted by Gasteiger charge is -2.10. The first-order valence-corrected chi connectivity index (χ1v) is 8.82. The van der Waals surface area contributed by atoms with Crippen LogP contribution < -0.4 is 15.6 Å². The first-order chi connectivity index (χ1) is 13.1. The number of ether oxygens (including phenoxy) is 1. The topological polar surface area (TPSA) is 60.3 Å². The molecule has 0 unspecified atom stereocenters. The monoisotopic (exact) mass is 362 g/mol. The van der Waals surface area contributed by atoms with E-state index >= 15 is 0 Å². The summed E-state index contributed by atoms with van der Waals surface area (Å²) in [5.74, 6) is 0.450. The molecular formula is C22H22N2O3. The van der Waals surface area contributed by atoms with Crippen LogP contribution in [0.4, 0.5) is 5.69 Å². The number of nitrogens with zero attached hydrogens (tertiary/aromatic N) is 1. The number of benzene rings is 2. The van der Waals surface area contributed by atoms with Gasteiger partial charge in [-0.15, -0.1) is 0 Å². The lowest BCUT2D eigenvalue weighted by molar-refractivity contribution is 0.102. The number of pyridine rings is 1. The SMILES string of the molecule is CCc1ccc(Cn2cc(C(=O)Nc3ccc(OC)cc3)ccc2=O)cc1. The highest BCUT2D eigenvalue weighted by molar-refractivity contribution is 6.04. The third kappa shape index (κ3) is 4.64. The second-order valence-electron chi connectivity index (χ2n) is 6.24. The van der Waals surface area contributed by atoms with E-state index in [0.29, 0.717) is 17.8 Å². The van der Waals surface area contributed by atoms with Gasteiger partial charge in [0.1, 0.15) is 5.75 Å². The van der Waals surface area contributed by atoms with Gasteiger partial charge in [0.25, 0.3) is 11.5 Å². The molecule has 1 amide bonds. The summed E-state index contributed by atoms with van der Waals surface area (Å²) in [6.07, 6.45) is 2.57. The minimum Gasteiger partial charge on any atom is -0.497 e. The van der Waals surface area contributed by atoms with Crippen molar-refractivity contribution in [1.82, 2.24) is 4.57 Å². The van der Waals surface area contributed by atoms with Gasteiger partial charge in [-0.3, -0.25) is 9.59 Å². The van der Waals surface area contributed by atoms with E-state index in [9.17, 15) is 9.59 Å². The lowest BCUT2D eigenvalue weighted by Crippen LogP contribution is -2.22. The quantitative estimate of drug-likeness (QED) is 0.727. The average molecular weight is 362 g/mol. The van der Waals surface area contributed by atoms with E-state index in [4.69, 9.17) is 4.74 Å². The summed E-state index contributed by atoms with van der Waals surface area (Å²) in [4.78, 5) is 24.7. The summed E-state index contributed by atoms with van der Waals surface area (Å²) in [6.45, 7) is 2.52. The number of aromatic nitrogens is 1. The number of hydrogen-bond acceptors (Lipinski definition) is 3. The van der Waals surface area contributed by atoms with E-state index in [1.165, 1.54) is 17.7 Å². The van der Waals surface area contributed by atoms with Crippen molar-refractivity contribution < 1.29 is 9.53 Å². The van der Waals surface area contributed by atoms with Crippen LogP contribution in [-0.2, 0) is 13.0 Å². The van der Waals surface area contributed by atoms with Gasteiger partial charge in [0.2, 0.25) is 0 Å². The predicted molar refractivity (Wildman–Crippen MR) is 107 cm³/mol. The number of methoxy groups -OCH3 is 1. The molecular weight excluding hydrogens is 340 g/mol. The van der Waals surface area contributed by atoms with Crippen molar-refractivity contribution in [3.63, 3.8) is 0 Å². The molecule has 27 heavy (non-hydrogen) atoms. The highest BCUT2D eigenvalue weighted by Crippen LogP contribution is 2.16. The van der Waals surface area contributed by atoms with Crippen molar-refractivity contribution in [2.24, 2.45) is 0 Å². The van der Waals surface area contributed by atoms with Gasteiger partial charge in [-0.05, 0) is 47.9 Å². The minimum absolute atomic E-state index is 0.143. The number of amides is 1. The maximum atomic E-state index is 12.5. The number of aryl methyl sites for hydroxylation is 1. The molecule has 0 atom stereocenters. The maximum Gasteiger partial charge on any atom is 0.257 e.